The second-order valence-corrected chi connectivity index (χ2v) is 7.33. The number of nitrogens with zero attached hydrogens (tertiary/aromatic N) is 4. The summed E-state index contributed by atoms with van der Waals surface area (Å²) in [4.78, 5) is 28.4. The average Bonchev–Trinajstić information content (AvgIpc) is 3.26. The zero-order valence-corrected chi connectivity index (χ0v) is 16.8. The Morgan fingerprint density at radius 3 is 2.13 bits per heavy atom. The van der Waals surface area contributed by atoms with Crippen LogP contribution >= 0.6 is 11.6 Å². The Hall–Kier alpha value is -3.71. The molecule has 8 heteroatoms. The molecule has 1 aliphatic rings. The van der Waals surface area contributed by atoms with E-state index >= 15 is 0 Å². The summed E-state index contributed by atoms with van der Waals surface area (Å²) in [5.74, 6) is -0.124. The highest BCUT2D eigenvalue weighted by atomic mass is 35.5. The topological polar surface area (TPSA) is 77.3 Å². The number of methoxy groups -OCH3 is 1. The van der Waals surface area contributed by atoms with Gasteiger partial charge in [0.1, 0.15) is 16.8 Å². The van der Waals surface area contributed by atoms with Crippen LogP contribution < -0.4 is 9.64 Å². The van der Waals surface area contributed by atoms with Crippen molar-refractivity contribution in [3.8, 4) is 11.4 Å². The molecule has 0 atom stereocenters. The van der Waals surface area contributed by atoms with E-state index in [1.54, 1.807) is 55.6 Å². The molecule has 0 saturated carbocycles. The van der Waals surface area contributed by atoms with Gasteiger partial charge in [-0.25, -0.2) is 4.90 Å². The number of amides is 2. The van der Waals surface area contributed by atoms with E-state index in [9.17, 15) is 9.59 Å². The van der Waals surface area contributed by atoms with Gasteiger partial charge < -0.3 is 4.74 Å². The fraction of sp³-hybridized carbons (Fsp3) is 0.0909. The number of carbonyl (C=O) groups excluding carboxylic acids is 2. The molecule has 3 aromatic carbocycles. The van der Waals surface area contributed by atoms with Crippen LogP contribution in [0.1, 0.15) is 26.3 Å². The Bertz CT molecular complexity index is 1330. The van der Waals surface area contributed by atoms with Crippen molar-refractivity contribution in [2.45, 2.75) is 6.92 Å². The van der Waals surface area contributed by atoms with Crippen molar-refractivity contribution in [3.05, 3.63) is 76.3 Å². The Labute approximate surface area is 176 Å². The summed E-state index contributed by atoms with van der Waals surface area (Å²) < 4.78 is 5.18. The fourth-order valence-electron chi connectivity index (χ4n) is 3.60. The number of anilines is 1. The second-order valence-electron chi connectivity index (χ2n) is 6.93. The molecule has 4 aromatic rings. The molecule has 0 bridgehead atoms. The van der Waals surface area contributed by atoms with E-state index in [0.717, 1.165) is 5.56 Å². The number of rotatable bonds is 3. The van der Waals surface area contributed by atoms with E-state index in [-0.39, 0.29) is 11.8 Å². The van der Waals surface area contributed by atoms with Crippen LogP contribution in [0.25, 0.3) is 16.7 Å². The van der Waals surface area contributed by atoms with Gasteiger partial charge in [-0.3, -0.25) is 9.59 Å². The molecular weight excluding hydrogens is 404 g/mol. The lowest BCUT2D eigenvalue weighted by atomic mass is 10.1. The summed E-state index contributed by atoms with van der Waals surface area (Å²) in [7, 11) is 1.55. The van der Waals surface area contributed by atoms with Gasteiger partial charge in [0.15, 0.2) is 0 Å². The molecule has 5 rings (SSSR count). The van der Waals surface area contributed by atoms with Gasteiger partial charge in [-0.2, -0.15) is 4.80 Å². The Morgan fingerprint density at radius 2 is 1.53 bits per heavy atom. The summed E-state index contributed by atoms with van der Waals surface area (Å²) in [6.07, 6.45) is 0. The van der Waals surface area contributed by atoms with Crippen LogP contribution in [0.3, 0.4) is 0 Å². The van der Waals surface area contributed by atoms with Crippen molar-refractivity contribution in [1.82, 2.24) is 15.0 Å². The molecular formula is C22H15ClN4O3. The first-order valence-corrected chi connectivity index (χ1v) is 9.55. The number of benzene rings is 3. The first kappa shape index (κ1) is 18.3. The van der Waals surface area contributed by atoms with E-state index in [4.69, 9.17) is 16.3 Å². The number of aryl methyl sites for hydroxylation is 1. The maximum absolute atomic E-state index is 12.9. The third-order valence-corrected chi connectivity index (χ3v) is 5.39. The number of hydrogen-bond acceptors (Lipinski definition) is 5. The third-order valence-electron chi connectivity index (χ3n) is 5.10. The maximum atomic E-state index is 12.9. The monoisotopic (exact) mass is 418 g/mol. The summed E-state index contributed by atoms with van der Waals surface area (Å²) >= 11 is 6.22. The van der Waals surface area contributed by atoms with Crippen LogP contribution in [-0.4, -0.2) is 33.9 Å². The van der Waals surface area contributed by atoms with Gasteiger partial charge >= 0.3 is 0 Å². The first-order chi connectivity index (χ1) is 14.5. The number of imide groups is 1. The summed E-state index contributed by atoms with van der Waals surface area (Å²) in [6, 6.07) is 15.6. The maximum Gasteiger partial charge on any atom is 0.266 e. The lowest BCUT2D eigenvalue weighted by Gasteiger charge is -2.16. The number of aromatic nitrogens is 3. The van der Waals surface area contributed by atoms with E-state index in [1.807, 2.05) is 13.0 Å². The molecule has 0 aliphatic carbocycles. The van der Waals surface area contributed by atoms with Crippen molar-refractivity contribution < 1.29 is 14.3 Å². The van der Waals surface area contributed by atoms with Crippen LogP contribution in [0.4, 0.5) is 5.69 Å². The van der Waals surface area contributed by atoms with Crippen molar-refractivity contribution in [3.63, 3.8) is 0 Å². The zero-order chi connectivity index (χ0) is 21.0. The van der Waals surface area contributed by atoms with E-state index in [2.05, 4.69) is 10.2 Å². The smallest absolute Gasteiger partial charge is 0.266 e. The fourth-order valence-corrected chi connectivity index (χ4v) is 3.85. The molecule has 30 heavy (non-hydrogen) atoms. The molecule has 2 amide bonds. The predicted molar refractivity (Wildman–Crippen MR) is 113 cm³/mol. The number of hydrogen-bond donors (Lipinski definition) is 0. The van der Waals surface area contributed by atoms with Gasteiger partial charge in [0.2, 0.25) is 0 Å². The molecule has 0 fully saturated rings. The van der Waals surface area contributed by atoms with Gasteiger partial charge in [-0.1, -0.05) is 23.7 Å². The molecule has 0 spiro atoms. The molecule has 1 aliphatic heterocycles. The van der Waals surface area contributed by atoms with Crippen molar-refractivity contribution >= 4 is 40.1 Å². The lowest BCUT2D eigenvalue weighted by Crippen LogP contribution is -2.30. The van der Waals surface area contributed by atoms with E-state index in [0.29, 0.717) is 44.3 Å². The molecule has 0 radical (unpaired) electrons. The predicted octanol–water partition coefficient (Wildman–Crippen LogP) is 4.19. The van der Waals surface area contributed by atoms with E-state index in [1.165, 1.54) is 9.70 Å². The van der Waals surface area contributed by atoms with Crippen molar-refractivity contribution in [2.24, 2.45) is 0 Å². The van der Waals surface area contributed by atoms with Gasteiger partial charge in [-0.15, -0.1) is 10.2 Å². The minimum atomic E-state index is -0.340. The molecule has 1 aromatic heterocycles. The summed E-state index contributed by atoms with van der Waals surface area (Å²) in [5.41, 5.74) is 3.90. The summed E-state index contributed by atoms with van der Waals surface area (Å²) in [6.45, 7) is 1.83. The van der Waals surface area contributed by atoms with Gasteiger partial charge in [0.05, 0.1) is 34.6 Å². The Balaban J connectivity index is 1.59. The van der Waals surface area contributed by atoms with Crippen LogP contribution in [0.2, 0.25) is 5.02 Å². The Morgan fingerprint density at radius 1 is 0.900 bits per heavy atom. The van der Waals surface area contributed by atoms with Crippen molar-refractivity contribution in [2.75, 3.05) is 12.0 Å². The molecule has 148 valence electrons. The summed E-state index contributed by atoms with van der Waals surface area (Å²) in [5, 5.41) is 9.46. The first-order valence-electron chi connectivity index (χ1n) is 9.17. The molecule has 0 saturated heterocycles. The molecule has 0 unspecified atom stereocenters. The standard InChI is InChI=1S/C22H15ClN4O3/c1-12-9-17-18(25-27(24-17)13-7-8-20(30-2)16(23)10-13)11-19(12)26-21(28)14-5-3-4-6-15(14)22(26)29/h3-11H,1-2H3. The van der Waals surface area contributed by atoms with Gasteiger partial charge in [-0.05, 0) is 55.0 Å². The third kappa shape index (κ3) is 2.67. The zero-order valence-electron chi connectivity index (χ0n) is 16.1. The number of fused-ring (bicyclic) bond motifs is 2. The largest absolute Gasteiger partial charge is 0.495 e. The average molecular weight is 419 g/mol. The van der Waals surface area contributed by atoms with Gasteiger partial charge in [0.25, 0.3) is 11.8 Å². The van der Waals surface area contributed by atoms with E-state index < -0.39 is 0 Å². The number of ether oxygens (including phenoxy) is 1. The quantitative estimate of drug-likeness (QED) is 0.466. The van der Waals surface area contributed by atoms with Crippen LogP contribution in [0.15, 0.2) is 54.6 Å². The minimum absolute atomic E-state index is 0.340. The van der Waals surface area contributed by atoms with Crippen molar-refractivity contribution in [1.29, 1.82) is 0 Å². The van der Waals surface area contributed by atoms with Crippen LogP contribution in [0, 0.1) is 6.92 Å². The highest BCUT2D eigenvalue weighted by molar-refractivity contribution is 6.35. The number of halogens is 1. The second kappa shape index (κ2) is 6.67. The normalized spacial score (nSPS) is 13.2. The highest BCUT2D eigenvalue weighted by Crippen LogP contribution is 2.33. The SMILES string of the molecule is COc1ccc(-n2nc3cc(C)c(N4C(=O)c5ccccc5C4=O)cc3n2)cc1Cl. The van der Waals surface area contributed by atoms with Crippen LogP contribution in [-0.2, 0) is 0 Å². The number of carbonyl (C=O) groups is 2. The molecule has 0 N–H and O–H groups in total. The lowest BCUT2D eigenvalue weighted by molar-refractivity contribution is 0.0926. The van der Waals surface area contributed by atoms with Gasteiger partial charge in [0, 0.05) is 0 Å². The molecule has 7 nitrogen and oxygen atoms in total. The Kier molecular flexibility index (Phi) is 4.08. The van der Waals surface area contributed by atoms with Crippen LogP contribution in [0.5, 0.6) is 5.75 Å². The highest BCUT2D eigenvalue weighted by Gasteiger charge is 2.37. The molecule has 2 heterocycles. The minimum Gasteiger partial charge on any atom is -0.495 e.